The molecule has 0 heterocycles. The van der Waals surface area contributed by atoms with Crippen LogP contribution in [0, 0.1) is 0 Å². The highest BCUT2D eigenvalue weighted by Crippen LogP contribution is 2.35. The molecule has 0 atom stereocenters. The van der Waals surface area contributed by atoms with Crippen LogP contribution in [0.3, 0.4) is 0 Å². The zero-order chi connectivity index (χ0) is 19.6. The normalized spacial score (nSPS) is 10.9. The monoisotopic (exact) mass is 473 g/mol. The van der Waals surface area contributed by atoms with E-state index >= 15 is 0 Å². The maximum Gasteiger partial charge on any atom is 0.162 e. The number of hydrogen-bond donors (Lipinski definition) is 1. The van der Waals surface area contributed by atoms with Gasteiger partial charge in [-0.1, -0.05) is 65.0 Å². The van der Waals surface area contributed by atoms with Crippen molar-refractivity contribution in [1.82, 2.24) is 5.32 Å². The van der Waals surface area contributed by atoms with Crippen molar-refractivity contribution in [2.45, 2.75) is 46.3 Å². The summed E-state index contributed by atoms with van der Waals surface area (Å²) in [6, 6.07) is 9.39. The second-order valence-corrected chi connectivity index (χ2v) is 7.86. The first-order chi connectivity index (χ1) is 13.1. The molecule has 0 spiro atoms. The number of halogens is 3. The van der Waals surface area contributed by atoms with Crippen LogP contribution in [0.2, 0.25) is 10.0 Å². The van der Waals surface area contributed by atoms with E-state index in [-0.39, 0.29) is 6.61 Å². The maximum atomic E-state index is 6.23. The Morgan fingerprint density at radius 1 is 1.00 bits per heavy atom. The van der Waals surface area contributed by atoms with Gasteiger partial charge >= 0.3 is 0 Å². The van der Waals surface area contributed by atoms with Gasteiger partial charge in [-0.25, -0.2) is 0 Å². The third-order valence-corrected chi connectivity index (χ3v) is 5.57. The van der Waals surface area contributed by atoms with E-state index in [0.29, 0.717) is 28.2 Å². The number of ether oxygens (including phenoxy) is 2. The van der Waals surface area contributed by atoms with E-state index < -0.39 is 0 Å². The molecular formula is C21H26BrCl2NO2. The van der Waals surface area contributed by atoms with Crippen molar-refractivity contribution < 1.29 is 9.47 Å². The molecule has 0 saturated heterocycles. The molecule has 2 aromatic rings. The Bertz CT molecular complexity index is 720. The number of benzene rings is 2. The van der Waals surface area contributed by atoms with E-state index in [1.165, 1.54) is 19.3 Å². The molecule has 27 heavy (non-hydrogen) atoms. The zero-order valence-corrected chi connectivity index (χ0v) is 18.9. The molecule has 0 aromatic heterocycles. The summed E-state index contributed by atoms with van der Waals surface area (Å²) in [5.41, 5.74) is 1.90. The number of nitrogens with one attached hydrogen (secondary N) is 1. The summed E-state index contributed by atoms with van der Waals surface area (Å²) < 4.78 is 12.8. The van der Waals surface area contributed by atoms with Crippen molar-refractivity contribution in [2.24, 2.45) is 0 Å². The van der Waals surface area contributed by atoms with Crippen molar-refractivity contribution >= 4 is 39.1 Å². The highest BCUT2D eigenvalue weighted by atomic mass is 79.9. The highest BCUT2D eigenvalue weighted by molar-refractivity contribution is 9.10. The lowest BCUT2D eigenvalue weighted by Crippen LogP contribution is -2.15. The van der Waals surface area contributed by atoms with Crippen LogP contribution in [0.4, 0.5) is 0 Å². The van der Waals surface area contributed by atoms with E-state index in [1.54, 1.807) is 12.1 Å². The minimum atomic E-state index is 0.277. The van der Waals surface area contributed by atoms with Gasteiger partial charge < -0.3 is 14.8 Å². The van der Waals surface area contributed by atoms with Gasteiger partial charge in [0.15, 0.2) is 11.5 Å². The Hall–Kier alpha value is -0.940. The topological polar surface area (TPSA) is 30.5 Å². The first-order valence-corrected chi connectivity index (χ1v) is 10.8. The first kappa shape index (κ1) is 22.4. The van der Waals surface area contributed by atoms with Crippen molar-refractivity contribution in [3.63, 3.8) is 0 Å². The second kappa shape index (κ2) is 11.8. The third-order valence-electron chi connectivity index (χ3n) is 4.12. The Labute approximate surface area is 180 Å². The van der Waals surface area contributed by atoms with Crippen LogP contribution >= 0.6 is 39.1 Å². The van der Waals surface area contributed by atoms with Crippen LogP contribution < -0.4 is 14.8 Å². The van der Waals surface area contributed by atoms with Gasteiger partial charge in [-0.15, -0.1) is 0 Å². The van der Waals surface area contributed by atoms with Crippen LogP contribution in [-0.4, -0.2) is 13.2 Å². The molecule has 0 aliphatic heterocycles. The summed E-state index contributed by atoms with van der Waals surface area (Å²) in [6.07, 6.45) is 3.66. The minimum absolute atomic E-state index is 0.277. The van der Waals surface area contributed by atoms with Gasteiger partial charge in [0.05, 0.1) is 6.61 Å². The average Bonchev–Trinajstić information content (AvgIpc) is 2.64. The fourth-order valence-electron chi connectivity index (χ4n) is 2.64. The standard InChI is InChI=1S/C21H26BrCl2NO2/c1-3-5-6-10-25-13-15-11-20(26-4-2)21(12-17(15)22)27-14-16-18(23)8-7-9-19(16)24/h7-9,11-12,25H,3-6,10,13-14H2,1-2H3. The van der Waals surface area contributed by atoms with E-state index in [2.05, 4.69) is 28.2 Å². The fraction of sp³-hybridized carbons (Fsp3) is 0.429. The Morgan fingerprint density at radius 2 is 1.70 bits per heavy atom. The van der Waals surface area contributed by atoms with E-state index in [0.717, 1.165) is 28.7 Å². The van der Waals surface area contributed by atoms with Crippen molar-refractivity contribution in [3.8, 4) is 11.5 Å². The summed E-state index contributed by atoms with van der Waals surface area (Å²) in [6.45, 7) is 6.79. The average molecular weight is 475 g/mol. The molecular weight excluding hydrogens is 449 g/mol. The molecule has 148 valence electrons. The molecule has 0 fully saturated rings. The van der Waals surface area contributed by atoms with E-state index in [9.17, 15) is 0 Å². The van der Waals surface area contributed by atoms with Crippen molar-refractivity contribution in [2.75, 3.05) is 13.2 Å². The Balaban J connectivity index is 2.10. The maximum absolute atomic E-state index is 6.23. The van der Waals surface area contributed by atoms with Gasteiger partial charge in [-0.2, -0.15) is 0 Å². The molecule has 0 radical (unpaired) electrons. The van der Waals surface area contributed by atoms with Gasteiger partial charge in [0.25, 0.3) is 0 Å². The van der Waals surface area contributed by atoms with Crippen LogP contribution in [0.25, 0.3) is 0 Å². The summed E-state index contributed by atoms with van der Waals surface area (Å²) in [5, 5.41) is 4.66. The van der Waals surface area contributed by atoms with Gasteiger partial charge in [0.1, 0.15) is 6.61 Å². The SMILES string of the molecule is CCCCCNCc1cc(OCC)c(OCc2c(Cl)cccc2Cl)cc1Br. The highest BCUT2D eigenvalue weighted by Gasteiger charge is 2.13. The Morgan fingerprint density at radius 3 is 2.37 bits per heavy atom. The molecule has 0 aliphatic rings. The van der Waals surface area contributed by atoms with Gasteiger partial charge in [-0.05, 0) is 49.7 Å². The van der Waals surface area contributed by atoms with Crippen molar-refractivity contribution in [1.29, 1.82) is 0 Å². The fourth-order valence-corrected chi connectivity index (χ4v) is 3.61. The van der Waals surface area contributed by atoms with E-state index in [4.69, 9.17) is 32.7 Å². The molecule has 2 rings (SSSR count). The molecule has 0 amide bonds. The zero-order valence-electron chi connectivity index (χ0n) is 15.8. The molecule has 2 aromatic carbocycles. The summed E-state index contributed by atoms with van der Waals surface area (Å²) >= 11 is 16.1. The summed E-state index contributed by atoms with van der Waals surface area (Å²) in [4.78, 5) is 0. The lowest BCUT2D eigenvalue weighted by molar-refractivity contribution is 0.269. The predicted octanol–water partition coefficient (Wildman–Crippen LogP) is 7.01. The number of rotatable bonds is 11. The van der Waals surface area contributed by atoms with Crippen LogP contribution in [0.1, 0.15) is 44.2 Å². The minimum Gasteiger partial charge on any atom is -0.490 e. The summed E-state index contributed by atoms with van der Waals surface area (Å²) in [7, 11) is 0. The molecule has 0 unspecified atom stereocenters. The lowest BCUT2D eigenvalue weighted by Gasteiger charge is -2.16. The van der Waals surface area contributed by atoms with Gasteiger partial charge in [-0.3, -0.25) is 0 Å². The molecule has 0 aliphatic carbocycles. The lowest BCUT2D eigenvalue weighted by atomic mass is 10.2. The first-order valence-electron chi connectivity index (χ1n) is 9.28. The largest absolute Gasteiger partial charge is 0.490 e. The van der Waals surface area contributed by atoms with Crippen molar-refractivity contribution in [3.05, 3.63) is 56.0 Å². The smallest absolute Gasteiger partial charge is 0.162 e. The number of hydrogen-bond acceptors (Lipinski definition) is 3. The van der Waals surface area contributed by atoms with E-state index in [1.807, 2.05) is 25.1 Å². The Kier molecular flexibility index (Phi) is 9.77. The molecule has 3 nitrogen and oxygen atoms in total. The van der Waals surface area contributed by atoms with Gasteiger partial charge in [0.2, 0.25) is 0 Å². The number of unbranched alkanes of at least 4 members (excludes halogenated alkanes) is 2. The van der Waals surface area contributed by atoms with Crippen LogP contribution in [0.15, 0.2) is 34.8 Å². The molecule has 6 heteroatoms. The summed E-state index contributed by atoms with van der Waals surface area (Å²) in [5.74, 6) is 1.38. The second-order valence-electron chi connectivity index (χ2n) is 6.20. The third kappa shape index (κ3) is 6.86. The predicted molar refractivity (Wildman–Crippen MR) is 117 cm³/mol. The molecule has 0 bridgehead atoms. The van der Waals surface area contributed by atoms with Crippen LogP contribution in [0.5, 0.6) is 11.5 Å². The van der Waals surface area contributed by atoms with Crippen LogP contribution in [-0.2, 0) is 13.2 Å². The molecule has 1 N–H and O–H groups in total. The quantitative estimate of drug-likeness (QED) is 0.355. The molecule has 0 saturated carbocycles. The van der Waals surface area contributed by atoms with Gasteiger partial charge in [0, 0.05) is 26.6 Å².